The maximum absolute atomic E-state index is 12.4. The Hall–Kier alpha value is -2.46. The molecular weight excluding hydrogens is 238 g/mol. The normalized spacial score (nSPS) is 10.8. The van der Waals surface area contributed by atoms with Crippen LogP contribution in [0.1, 0.15) is 21.5 Å². The number of imidazole rings is 1. The highest BCUT2D eigenvalue weighted by Gasteiger charge is 2.10. The number of nitrogens with one attached hydrogen (secondary N) is 1. The zero-order valence-electron chi connectivity index (χ0n) is 10.3. The predicted molar refractivity (Wildman–Crippen MR) is 73.9 cm³/mol. The summed E-state index contributed by atoms with van der Waals surface area (Å²) in [6.45, 7) is 0.431. The summed E-state index contributed by atoms with van der Waals surface area (Å²) in [5.74, 6) is -0.00759. The van der Waals surface area contributed by atoms with Crippen LogP contribution in [0.5, 0.6) is 0 Å². The Morgan fingerprint density at radius 3 is 2.84 bits per heavy atom. The van der Waals surface area contributed by atoms with E-state index in [1.165, 1.54) is 0 Å². The standard InChI is InChI=1S/C15H13N3O/c16-8-10-2-1-3-11(6-10)15(19)12-4-5-13-14(7-12)18-9-17-13/h1-7,9H,8,16H2,(H,17,18). The minimum absolute atomic E-state index is 0.00759. The maximum Gasteiger partial charge on any atom is 0.193 e. The number of nitrogens with two attached hydrogens (primary N) is 1. The molecule has 0 aliphatic rings. The van der Waals surface area contributed by atoms with Gasteiger partial charge >= 0.3 is 0 Å². The van der Waals surface area contributed by atoms with E-state index in [9.17, 15) is 4.79 Å². The highest BCUT2D eigenvalue weighted by Crippen LogP contribution is 2.16. The molecule has 19 heavy (non-hydrogen) atoms. The van der Waals surface area contributed by atoms with E-state index in [-0.39, 0.29) is 5.78 Å². The first kappa shape index (κ1) is 11.6. The quantitative estimate of drug-likeness (QED) is 0.701. The van der Waals surface area contributed by atoms with Crippen LogP contribution in [0.25, 0.3) is 11.0 Å². The second-order valence-electron chi connectivity index (χ2n) is 4.37. The summed E-state index contributed by atoms with van der Waals surface area (Å²) in [5.41, 5.74) is 9.56. The number of nitrogens with zero attached hydrogens (tertiary/aromatic N) is 1. The molecule has 0 aliphatic carbocycles. The molecule has 3 aromatic rings. The van der Waals surface area contributed by atoms with Gasteiger partial charge in [-0.25, -0.2) is 4.98 Å². The van der Waals surface area contributed by atoms with Gasteiger partial charge in [0.2, 0.25) is 0 Å². The topological polar surface area (TPSA) is 71.8 Å². The minimum Gasteiger partial charge on any atom is -0.345 e. The number of rotatable bonds is 3. The van der Waals surface area contributed by atoms with E-state index in [2.05, 4.69) is 9.97 Å². The molecule has 4 nitrogen and oxygen atoms in total. The first-order valence-electron chi connectivity index (χ1n) is 6.05. The van der Waals surface area contributed by atoms with Crippen molar-refractivity contribution < 1.29 is 4.79 Å². The first-order chi connectivity index (χ1) is 9.28. The third-order valence-corrected chi connectivity index (χ3v) is 3.11. The molecule has 0 spiro atoms. The number of aromatic amines is 1. The van der Waals surface area contributed by atoms with Crippen LogP contribution in [-0.4, -0.2) is 15.8 Å². The summed E-state index contributed by atoms with van der Waals surface area (Å²) < 4.78 is 0. The van der Waals surface area contributed by atoms with Gasteiger partial charge in [0.05, 0.1) is 17.4 Å². The van der Waals surface area contributed by atoms with Crippen molar-refractivity contribution in [2.45, 2.75) is 6.54 Å². The number of hydrogen-bond acceptors (Lipinski definition) is 3. The Kier molecular flexibility index (Phi) is 2.85. The lowest BCUT2D eigenvalue weighted by molar-refractivity contribution is 0.103. The Balaban J connectivity index is 2.02. The van der Waals surface area contributed by atoms with E-state index >= 15 is 0 Å². The van der Waals surface area contributed by atoms with Crippen LogP contribution < -0.4 is 5.73 Å². The highest BCUT2D eigenvalue weighted by atomic mass is 16.1. The fraction of sp³-hybridized carbons (Fsp3) is 0.0667. The number of carbonyl (C=O) groups is 1. The van der Waals surface area contributed by atoms with Gasteiger partial charge in [0.1, 0.15) is 0 Å². The van der Waals surface area contributed by atoms with Gasteiger partial charge in [-0.3, -0.25) is 4.79 Å². The van der Waals surface area contributed by atoms with Crippen molar-refractivity contribution in [3.8, 4) is 0 Å². The predicted octanol–water partition coefficient (Wildman–Crippen LogP) is 2.25. The van der Waals surface area contributed by atoms with Crippen LogP contribution in [0.15, 0.2) is 48.8 Å². The van der Waals surface area contributed by atoms with E-state index in [4.69, 9.17) is 5.73 Å². The summed E-state index contributed by atoms with van der Waals surface area (Å²) in [7, 11) is 0. The van der Waals surface area contributed by atoms with Crippen LogP contribution >= 0.6 is 0 Å². The second kappa shape index (κ2) is 4.66. The lowest BCUT2D eigenvalue weighted by Gasteiger charge is -2.03. The Bertz CT molecular complexity index is 746. The van der Waals surface area contributed by atoms with Crippen molar-refractivity contribution in [1.82, 2.24) is 9.97 Å². The van der Waals surface area contributed by atoms with Crippen molar-refractivity contribution in [2.24, 2.45) is 5.73 Å². The third kappa shape index (κ3) is 2.13. The van der Waals surface area contributed by atoms with Crippen molar-refractivity contribution in [2.75, 3.05) is 0 Å². The van der Waals surface area contributed by atoms with Gasteiger partial charge < -0.3 is 10.7 Å². The van der Waals surface area contributed by atoms with Crippen molar-refractivity contribution in [3.05, 3.63) is 65.5 Å². The molecule has 3 rings (SSSR count). The minimum atomic E-state index is -0.00759. The van der Waals surface area contributed by atoms with Gasteiger partial charge in [0, 0.05) is 17.7 Å². The average molecular weight is 251 g/mol. The van der Waals surface area contributed by atoms with Crippen LogP contribution in [0, 0.1) is 0 Å². The number of ketones is 1. The first-order valence-corrected chi connectivity index (χ1v) is 6.05. The van der Waals surface area contributed by atoms with E-state index in [1.807, 2.05) is 30.3 Å². The molecule has 1 heterocycles. The van der Waals surface area contributed by atoms with Gasteiger partial charge in [-0.1, -0.05) is 18.2 Å². The van der Waals surface area contributed by atoms with E-state index in [1.54, 1.807) is 18.5 Å². The summed E-state index contributed by atoms with van der Waals surface area (Å²) in [4.78, 5) is 19.5. The maximum atomic E-state index is 12.4. The number of hydrogen-bond donors (Lipinski definition) is 2. The summed E-state index contributed by atoms with van der Waals surface area (Å²) >= 11 is 0. The second-order valence-corrected chi connectivity index (χ2v) is 4.37. The molecule has 0 radical (unpaired) electrons. The van der Waals surface area contributed by atoms with Gasteiger partial charge in [0.15, 0.2) is 5.78 Å². The lowest BCUT2D eigenvalue weighted by atomic mass is 10.0. The molecule has 94 valence electrons. The zero-order valence-corrected chi connectivity index (χ0v) is 10.3. The SMILES string of the molecule is NCc1cccc(C(=O)c2ccc3nc[nH]c3c2)c1. The van der Waals surface area contributed by atoms with E-state index < -0.39 is 0 Å². The molecule has 0 unspecified atom stereocenters. The van der Waals surface area contributed by atoms with Gasteiger partial charge in [-0.05, 0) is 29.8 Å². The number of carbonyl (C=O) groups excluding carboxylic acids is 1. The molecule has 1 aromatic heterocycles. The van der Waals surface area contributed by atoms with Crippen LogP contribution in [0.4, 0.5) is 0 Å². The van der Waals surface area contributed by atoms with Gasteiger partial charge in [-0.2, -0.15) is 0 Å². The molecule has 0 bridgehead atoms. The lowest BCUT2D eigenvalue weighted by Crippen LogP contribution is -2.03. The smallest absolute Gasteiger partial charge is 0.193 e. The number of H-pyrrole nitrogens is 1. The van der Waals surface area contributed by atoms with E-state index in [0.717, 1.165) is 16.6 Å². The molecule has 0 aliphatic heterocycles. The average Bonchev–Trinajstić information content (AvgIpc) is 2.94. The third-order valence-electron chi connectivity index (χ3n) is 3.11. The monoisotopic (exact) mass is 251 g/mol. The molecule has 3 N–H and O–H groups in total. The molecular formula is C15H13N3O. The van der Waals surface area contributed by atoms with Crippen molar-refractivity contribution >= 4 is 16.8 Å². The zero-order chi connectivity index (χ0) is 13.2. The Morgan fingerprint density at radius 1 is 1.16 bits per heavy atom. The number of fused-ring (bicyclic) bond motifs is 1. The molecule has 0 amide bonds. The van der Waals surface area contributed by atoms with E-state index in [0.29, 0.717) is 17.7 Å². The largest absolute Gasteiger partial charge is 0.345 e. The highest BCUT2D eigenvalue weighted by molar-refractivity contribution is 6.10. The molecule has 4 heteroatoms. The molecule has 0 fully saturated rings. The number of aromatic nitrogens is 2. The summed E-state index contributed by atoms with van der Waals surface area (Å²) in [5, 5.41) is 0. The van der Waals surface area contributed by atoms with Gasteiger partial charge in [-0.15, -0.1) is 0 Å². The molecule has 0 saturated heterocycles. The van der Waals surface area contributed by atoms with Crippen molar-refractivity contribution in [3.63, 3.8) is 0 Å². The van der Waals surface area contributed by atoms with Crippen LogP contribution in [-0.2, 0) is 6.54 Å². The molecule has 0 saturated carbocycles. The fourth-order valence-electron chi connectivity index (χ4n) is 2.08. The number of benzene rings is 2. The van der Waals surface area contributed by atoms with Crippen LogP contribution in [0.3, 0.4) is 0 Å². The summed E-state index contributed by atoms with van der Waals surface area (Å²) in [6, 6.07) is 12.9. The van der Waals surface area contributed by atoms with Crippen molar-refractivity contribution in [1.29, 1.82) is 0 Å². The Morgan fingerprint density at radius 2 is 2.00 bits per heavy atom. The summed E-state index contributed by atoms with van der Waals surface area (Å²) in [6.07, 6.45) is 1.62. The Labute approximate surface area is 110 Å². The fourth-order valence-corrected chi connectivity index (χ4v) is 2.08. The van der Waals surface area contributed by atoms with Gasteiger partial charge in [0.25, 0.3) is 0 Å². The molecule has 2 aromatic carbocycles. The molecule has 0 atom stereocenters. The van der Waals surface area contributed by atoms with Crippen LogP contribution in [0.2, 0.25) is 0 Å².